The normalized spacial score (nSPS) is 18.2. The van der Waals surface area contributed by atoms with E-state index in [2.05, 4.69) is 28.7 Å². The lowest BCUT2D eigenvalue weighted by Gasteiger charge is -2.32. The van der Waals surface area contributed by atoms with E-state index in [1.54, 1.807) is 0 Å². The molecule has 0 radical (unpaired) electrons. The van der Waals surface area contributed by atoms with Gasteiger partial charge in [-0.15, -0.1) is 0 Å². The third-order valence-corrected chi connectivity index (χ3v) is 3.71. The maximum absolute atomic E-state index is 6.10. The molecule has 0 bridgehead atoms. The van der Waals surface area contributed by atoms with E-state index in [9.17, 15) is 0 Å². The predicted molar refractivity (Wildman–Crippen MR) is 65.9 cm³/mol. The second-order valence-corrected chi connectivity index (χ2v) is 4.88. The standard InChI is InChI=1S/C11H15Cl2N3/c1-3-7(2)16-5-4-9-8(6-16)10(12)15-11(13)14-9/h7H,3-6H2,1-2H3. The summed E-state index contributed by atoms with van der Waals surface area (Å²) in [5.74, 6) is 0. The van der Waals surface area contributed by atoms with Crippen LogP contribution in [-0.2, 0) is 13.0 Å². The molecule has 1 aromatic heterocycles. The van der Waals surface area contributed by atoms with Crippen LogP contribution in [0, 0.1) is 0 Å². The Morgan fingerprint density at radius 1 is 1.38 bits per heavy atom. The summed E-state index contributed by atoms with van der Waals surface area (Å²) in [4.78, 5) is 10.6. The van der Waals surface area contributed by atoms with Gasteiger partial charge in [-0.2, -0.15) is 0 Å². The minimum absolute atomic E-state index is 0.251. The average molecular weight is 260 g/mol. The van der Waals surface area contributed by atoms with E-state index in [0.29, 0.717) is 11.2 Å². The SMILES string of the molecule is CCC(C)N1CCc2nc(Cl)nc(Cl)c2C1. The summed E-state index contributed by atoms with van der Waals surface area (Å²) in [7, 11) is 0. The van der Waals surface area contributed by atoms with Crippen LogP contribution < -0.4 is 0 Å². The first-order valence-corrected chi connectivity index (χ1v) is 6.32. The first-order valence-electron chi connectivity index (χ1n) is 5.56. The Kier molecular flexibility index (Phi) is 3.67. The van der Waals surface area contributed by atoms with Crippen molar-refractivity contribution in [1.82, 2.24) is 14.9 Å². The number of fused-ring (bicyclic) bond motifs is 1. The van der Waals surface area contributed by atoms with Crippen LogP contribution in [0.3, 0.4) is 0 Å². The number of rotatable bonds is 2. The van der Waals surface area contributed by atoms with Crippen LogP contribution in [0.5, 0.6) is 0 Å². The molecule has 0 amide bonds. The molecule has 1 aliphatic rings. The van der Waals surface area contributed by atoms with Crippen LogP contribution in [0.15, 0.2) is 0 Å². The van der Waals surface area contributed by atoms with Crippen molar-refractivity contribution in [3.8, 4) is 0 Å². The van der Waals surface area contributed by atoms with Gasteiger partial charge in [-0.1, -0.05) is 18.5 Å². The lowest BCUT2D eigenvalue weighted by atomic mass is 10.0. The predicted octanol–water partition coefficient (Wildman–Crippen LogP) is 2.94. The zero-order valence-electron chi connectivity index (χ0n) is 9.50. The Morgan fingerprint density at radius 3 is 2.81 bits per heavy atom. The summed E-state index contributed by atoms with van der Waals surface area (Å²) < 4.78 is 0. The molecule has 3 nitrogen and oxygen atoms in total. The Morgan fingerprint density at radius 2 is 2.12 bits per heavy atom. The van der Waals surface area contributed by atoms with Gasteiger partial charge in [0.2, 0.25) is 5.28 Å². The zero-order valence-corrected chi connectivity index (χ0v) is 11.0. The minimum atomic E-state index is 0.251. The molecule has 1 unspecified atom stereocenters. The fourth-order valence-electron chi connectivity index (χ4n) is 2.00. The third-order valence-electron chi connectivity index (χ3n) is 3.23. The smallest absolute Gasteiger partial charge is 0.224 e. The maximum atomic E-state index is 6.10. The highest BCUT2D eigenvalue weighted by Crippen LogP contribution is 2.26. The zero-order chi connectivity index (χ0) is 11.7. The van der Waals surface area contributed by atoms with Gasteiger partial charge in [0.05, 0.1) is 5.69 Å². The number of hydrogen-bond donors (Lipinski definition) is 0. The quantitative estimate of drug-likeness (QED) is 0.604. The molecule has 0 saturated carbocycles. The maximum Gasteiger partial charge on any atom is 0.224 e. The van der Waals surface area contributed by atoms with Crippen LogP contribution >= 0.6 is 23.2 Å². The van der Waals surface area contributed by atoms with Crippen LogP contribution in [0.25, 0.3) is 0 Å². The van der Waals surface area contributed by atoms with E-state index < -0.39 is 0 Å². The van der Waals surface area contributed by atoms with E-state index >= 15 is 0 Å². The topological polar surface area (TPSA) is 29.0 Å². The van der Waals surface area contributed by atoms with Crippen molar-refractivity contribution in [3.05, 3.63) is 21.7 Å². The van der Waals surface area contributed by atoms with Gasteiger partial charge in [-0.3, -0.25) is 4.90 Å². The molecule has 2 heterocycles. The second-order valence-electron chi connectivity index (χ2n) is 4.19. The highest BCUT2D eigenvalue weighted by molar-refractivity contribution is 6.32. The molecule has 0 aromatic carbocycles. The van der Waals surface area contributed by atoms with Crippen LogP contribution in [0.4, 0.5) is 0 Å². The summed E-state index contributed by atoms with van der Waals surface area (Å²) in [5.41, 5.74) is 2.04. The molecule has 1 aromatic rings. The summed E-state index contributed by atoms with van der Waals surface area (Å²) >= 11 is 11.9. The van der Waals surface area contributed by atoms with Gasteiger partial charge in [0, 0.05) is 31.1 Å². The van der Waals surface area contributed by atoms with E-state index in [-0.39, 0.29) is 5.28 Å². The molecule has 1 atom stereocenters. The largest absolute Gasteiger partial charge is 0.296 e. The van der Waals surface area contributed by atoms with Gasteiger partial charge in [0.15, 0.2) is 0 Å². The van der Waals surface area contributed by atoms with Crippen molar-refractivity contribution < 1.29 is 0 Å². The van der Waals surface area contributed by atoms with E-state index in [4.69, 9.17) is 23.2 Å². The van der Waals surface area contributed by atoms with Crippen molar-refractivity contribution in [2.24, 2.45) is 0 Å². The monoisotopic (exact) mass is 259 g/mol. The van der Waals surface area contributed by atoms with Crippen molar-refractivity contribution >= 4 is 23.2 Å². The van der Waals surface area contributed by atoms with Gasteiger partial charge in [-0.05, 0) is 24.9 Å². The molecule has 16 heavy (non-hydrogen) atoms. The van der Waals surface area contributed by atoms with Gasteiger partial charge in [0.25, 0.3) is 0 Å². The molecule has 1 aliphatic heterocycles. The van der Waals surface area contributed by atoms with Gasteiger partial charge in [0.1, 0.15) is 5.15 Å². The van der Waals surface area contributed by atoms with E-state index in [1.807, 2.05) is 0 Å². The first-order chi connectivity index (χ1) is 7.61. The molecule has 0 N–H and O–H groups in total. The number of nitrogens with zero attached hydrogens (tertiary/aromatic N) is 3. The minimum Gasteiger partial charge on any atom is -0.296 e. The Balaban J connectivity index is 2.26. The molecular weight excluding hydrogens is 245 g/mol. The Hall–Kier alpha value is -0.380. The average Bonchev–Trinajstić information content (AvgIpc) is 2.27. The molecule has 0 saturated heterocycles. The lowest BCUT2D eigenvalue weighted by Crippen LogP contribution is -2.37. The molecule has 2 rings (SSSR count). The third kappa shape index (κ3) is 2.31. The lowest BCUT2D eigenvalue weighted by molar-refractivity contribution is 0.184. The van der Waals surface area contributed by atoms with E-state index in [0.717, 1.165) is 37.2 Å². The fraction of sp³-hybridized carbons (Fsp3) is 0.636. The molecule has 0 aliphatic carbocycles. The van der Waals surface area contributed by atoms with Crippen molar-refractivity contribution in [1.29, 1.82) is 0 Å². The van der Waals surface area contributed by atoms with Crippen molar-refractivity contribution in [2.45, 2.75) is 39.3 Å². The molecule has 5 heteroatoms. The van der Waals surface area contributed by atoms with Gasteiger partial charge in [-0.25, -0.2) is 9.97 Å². The Labute approximate surface area is 106 Å². The molecule has 0 fully saturated rings. The number of aromatic nitrogens is 2. The Bertz CT molecular complexity index is 395. The summed E-state index contributed by atoms with van der Waals surface area (Å²) in [5, 5.41) is 0.753. The second kappa shape index (κ2) is 4.86. The van der Waals surface area contributed by atoms with Crippen molar-refractivity contribution in [3.63, 3.8) is 0 Å². The molecule has 0 spiro atoms. The van der Waals surface area contributed by atoms with E-state index in [1.165, 1.54) is 0 Å². The van der Waals surface area contributed by atoms with Gasteiger partial charge < -0.3 is 0 Å². The first kappa shape index (κ1) is 12.1. The fourth-order valence-corrected chi connectivity index (χ4v) is 2.48. The summed E-state index contributed by atoms with van der Waals surface area (Å²) in [6, 6.07) is 0.569. The summed E-state index contributed by atoms with van der Waals surface area (Å²) in [6.45, 7) is 6.28. The van der Waals surface area contributed by atoms with Crippen LogP contribution in [0.1, 0.15) is 31.5 Å². The van der Waals surface area contributed by atoms with Crippen LogP contribution in [-0.4, -0.2) is 27.5 Å². The van der Waals surface area contributed by atoms with Crippen LogP contribution in [0.2, 0.25) is 10.4 Å². The highest BCUT2D eigenvalue weighted by Gasteiger charge is 2.23. The van der Waals surface area contributed by atoms with Gasteiger partial charge >= 0.3 is 0 Å². The number of halogens is 2. The summed E-state index contributed by atoms with van der Waals surface area (Å²) in [6.07, 6.45) is 2.04. The van der Waals surface area contributed by atoms with Crippen molar-refractivity contribution in [2.75, 3.05) is 6.54 Å². The molecular formula is C11H15Cl2N3. The number of hydrogen-bond acceptors (Lipinski definition) is 3. The molecule has 88 valence electrons. The highest BCUT2D eigenvalue weighted by atomic mass is 35.5.